The number of rotatable bonds is 5. The predicted octanol–water partition coefficient (Wildman–Crippen LogP) is 1.99. The van der Waals surface area contributed by atoms with Crippen molar-refractivity contribution in [3.8, 4) is 5.75 Å². The Morgan fingerprint density at radius 2 is 2.15 bits per heavy atom. The van der Waals surface area contributed by atoms with Crippen LogP contribution in [0, 0.1) is 5.92 Å². The third kappa shape index (κ3) is 5.39. The average molecular weight is 299 g/mol. The molecule has 4 nitrogen and oxygen atoms in total. The normalized spacial score (nSPS) is 21.6. The van der Waals surface area contributed by atoms with Crippen molar-refractivity contribution in [2.24, 2.45) is 5.92 Å². The Morgan fingerprint density at radius 1 is 1.40 bits per heavy atom. The van der Waals surface area contributed by atoms with Gasteiger partial charge in [0, 0.05) is 12.6 Å². The highest BCUT2D eigenvalue weighted by Gasteiger charge is 2.22. The molecule has 2 rings (SSSR count). The first-order valence-corrected chi connectivity index (χ1v) is 6.93. The molecule has 1 aromatic carbocycles. The molecule has 0 spiro atoms. The molecule has 2 N–H and O–H groups in total. The molecule has 0 saturated carbocycles. The average Bonchev–Trinajstić information content (AvgIpc) is 2.43. The van der Waals surface area contributed by atoms with Crippen molar-refractivity contribution in [2.45, 2.75) is 25.8 Å². The van der Waals surface area contributed by atoms with E-state index in [9.17, 15) is 4.79 Å². The SMILES string of the molecule is CC1CCNCC1NC(=O)CCOc1ccccc1.Cl. The highest BCUT2D eigenvalue weighted by Crippen LogP contribution is 2.11. The van der Waals surface area contributed by atoms with E-state index < -0.39 is 0 Å². The molecule has 1 saturated heterocycles. The number of piperidine rings is 1. The second-order valence-corrected chi connectivity index (χ2v) is 5.06. The molecule has 20 heavy (non-hydrogen) atoms. The summed E-state index contributed by atoms with van der Waals surface area (Å²) in [5.74, 6) is 1.42. The van der Waals surface area contributed by atoms with Crippen LogP contribution in [0.25, 0.3) is 0 Å². The number of carbonyl (C=O) groups excluding carboxylic acids is 1. The highest BCUT2D eigenvalue weighted by atomic mass is 35.5. The molecule has 0 aromatic heterocycles. The van der Waals surface area contributed by atoms with Gasteiger partial charge in [0.2, 0.25) is 5.91 Å². The van der Waals surface area contributed by atoms with Crippen LogP contribution in [-0.2, 0) is 4.79 Å². The number of amides is 1. The lowest BCUT2D eigenvalue weighted by molar-refractivity contribution is -0.122. The van der Waals surface area contributed by atoms with Crippen molar-refractivity contribution < 1.29 is 9.53 Å². The molecule has 1 amide bonds. The van der Waals surface area contributed by atoms with E-state index in [0.717, 1.165) is 25.3 Å². The van der Waals surface area contributed by atoms with Crippen LogP contribution < -0.4 is 15.4 Å². The minimum atomic E-state index is 0. The zero-order chi connectivity index (χ0) is 13.5. The second-order valence-electron chi connectivity index (χ2n) is 5.06. The molecule has 1 fully saturated rings. The number of ether oxygens (including phenoxy) is 1. The number of hydrogen-bond acceptors (Lipinski definition) is 3. The maximum absolute atomic E-state index is 11.8. The van der Waals surface area contributed by atoms with Gasteiger partial charge in [-0.1, -0.05) is 25.1 Å². The van der Waals surface area contributed by atoms with Crippen LogP contribution in [0.15, 0.2) is 30.3 Å². The summed E-state index contributed by atoms with van der Waals surface area (Å²) in [6.45, 7) is 4.52. The van der Waals surface area contributed by atoms with Crippen molar-refractivity contribution >= 4 is 18.3 Å². The van der Waals surface area contributed by atoms with Crippen LogP contribution in [0.2, 0.25) is 0 Å². The summed E-state index contributed by atoms with van der Waals surface area (Å²) < 4.78 is 5.52. The Balaban J connectivity index is 0.00000200. The highest BCUT2D eigenvalue weighted by molar-refractivity contribution is 5.85. The van der Waals surface area contributed by atoms with Crippen molar-refractivity contribution in [1.82, 2.24) is 10.6 Å². The summed E-state index contributed by atoms with van der Waals surface area (Å²) in [6.07, 6.45) is 1.52. The largest absolute Gasteiger partial charge is 0.493 e. The number of halogens is 1. The van der Waals surface area contributed by atoms with Crippen molar-refractivity contribution in [3.63, 3.8) is 0 Å². The molecule has 0 radical (unpaired) electrons. The molecule has 1 aliphatic rings. The lowest BCUT2D eigenvalue weighted by Crippen LogP contribution is -2.50. The van der Waals surface area contributed by atoms with Gasteiger partial charge in [-0.05, 0) is 31.0 Å². The minimum Gasteiger partial charge on any atom is -0.493 e. The van der Waals surface area contributed by atoms with Gasteiger partial charge in [0.1, 0.15) is 5.75 Å². The first-order valence-electron chi connectivity index (χ1n) is 6.93. The number of benzene rings is 1. The fourth-order valence-corrected chi connectivity index (χ4v) is 2.24. The maximum atomic E-state index is 11.8. The summed E-state index contributed by atoms with van der Waals surface area (Å²) in [6, 6.07) is 9.82. The van der Waals surface area contributed by atoms with Gasteiger partial charge >= 0.3 is 0 Å². The van der Waals surface area contributed by atoms with E-state index >= 15 is 0 Å². The third-order valence-corrected chi connectivity index (χ3v) is 3.52. The van der Waals surface area contributed by atoms with Crippen LogP contribution in [0.5, 0.6) is 5.75 Å². The summed E-state index contributed by atoms with van der Waals surface area (Å²) in [4.78, 5) is 11.8. The first-order chi connectivity index (χ1) is 9.25. The van der Waals surface area contributed by atoms with E-state index in [1.165, 1.54) is 0 Å². The summed E-state index contributed by atoms with van der Waals surface area (Å²) in [5.41, 5.74) is 0. The number of hydrogen-bond donors (Lipinski definition) is 2. The van der Waals surface area contributed by atoms with E-state index in [2.05, 4.69) is 17.6 Å². The van der Waals surface area contributed by atoms with Crippen LogP contribution in [-0.4, -0.2) is 31.6 Å². The molecule has 2 unspecified atom stereocenters. The summed E-state index contributed by atoms with van der Waals surface area (Å²) >= 11 is 0. The number of nitrogens with one attached hydrogen (secondary N) is 2. The smallest absolute Gasteiger partial charge is 0.223 e. The Labute approximate surface area is 126 Å². The van der Waals surface area contributed by atoms with Gasteiger partial charge in [-0.25, -0.2) is 0 Å². The van der Waals surface area contributed by atoms with Gasteiger partial charge in [0.25, 0.3) is 0 Å². The van der Waals surface area contributed by atoms with E-state index in [0.29, 0.717) is 18.9 Å². The minimum absolute atomic E-state index is 0. The lowest BCUT2D eigenvalue weighted by Gasteiger charge is -2.30. The van der Waals surface area contributed by atoms with Crippen LogP contribution >= 0.6 is 12.4 Å². The van der Waals surface area contributed by atoms with Gasteiger partial charge in [-0.2, -0.15) is 0 Å². The molecule has 0 aliphatic carbocycles. The van der Waals surface area contributed by atoms with Gasteiger partial charge in [-0.3, -0.25) is 4.79 Å². The molecule has 1 heterocycles. The van der Waals surface area contributed by atoms with Gasteiger partial charge in [0.15, 0.2) is 0 Å². The molecule has 112 valence electrons. The molecule has 5 heteroatoms. The molecular weight excluding hydrogens is 276 g/mol. The van der Waals surface area contributed by atoms with E-state index in [4.69, 9.17) is 4.74 Å². The Hall–Kier alpha value is -1.26. The number of carbonyl (C=O) groups is 1. The quantitative estimate of drug-likeness (QED) is 0.874. The predicted molar refractivity (Wildman–Crippen MR) is 82.4 cm³/mol. The zero-order valence-electron chi connectivity index (χ0n) is 11.8. The maximum Gasteiger partial charge on any atom is 0.223 e. The molecule has 0 bridgehead atoms. The number of para-hydroxylation sites is 1. The fraction of sp³-hybridized carbons (Fsp3) is 0.533. The van der Waals surface area contributed by atoms with Crippen LogP contribution in [0.4, 0.5) is 0 Å². The van der Waals surface area contributed by atoms with Gasteiger partial charge in [-0.15, -0.1) is 12.4 Å². The summed E-state index contributed by atoms with van der Waals surface area (Å²) in [7, 11) is 0. The van der Waals surface area contributed by atoms with Crippen molar-refractivity contribution in [1.29, 1.82) is 0 Å². The topological polar surface area (TPSA) is 50.4 Å². The van der Waals surface area contributed by atoms with Crippen LogP contribution in [0.3, 0.4) is 0 Å². The monoisotopic (exact) mass is 298 g/mol. The Bertz CT molecular complexity index is 400. The van der Waals surface area contributed by atoms with Crippen molar-refractivity contribution in [2.75, 3.05) is 19.7 Å². The first kappa shape index (κ1) is 16.8. The molecule has 2 atom stereocenters. The lowest BCUT2D eigenvalue weighted by atomic mass is 9.95. The van der Waals surface area contributed by atoms with E-state index in [1.54, 1.807) is 0 Å². The third-order valence-electron chi connectivity index (χ3n) is 3.52. The van der Waals surface area contributed by atoms with Crippen LogP contribution in [0.1, 0.15) is 19.8 Å². The zero-order valence-corrected chi connectivity index (χ0v) is 12.6. The van der Waals surface area contributed by atoms with E-state index in [-0.39, 0.29) is 24.4 Å². The van der Waals surface area contributed by atoms with E-state index in [1.807, 2.05) is 30.3 Å². The molecule has 1 aromatic rings. The molecular formula is C15H23ClN2O2. The standard InChI is InChI=1S/C15H22N2O2.ClH/c1-12-7-9-16-11-14(12)17-15(18)8-10-19-13-5-3-2-4-6-13;/h2-6,12,14,16H,7-11H2,1H3,(H,17,18);1H. The Kier molecular flexibility index (Phi) is 7.41. The Morgan fingerprint density at radius 3 is 2.85 bits per heavy atom. The van der Waals surface area contributed by atoms with Crippen molar-refractivity contribution in [3.05, 3.63) is 30.3 Å². The summed E-state index contributed by atoms with van der Waals surface area (Å²) in [5, 5.41) is 6.38. The fourth-order valence-electron chi connectivity index (χ4n) is 2.24. The molecule has 1 aliphatic heterocycles. The second kappa shape index (κ2) is 8.82. The van der Waals surface area contributed by atoms with Gasteiger partial charge in [0.05, 0.1) is 13.0 Å². The van der Waals surface area contributed by atoms with Gasteiger partial charge < -0.3 is 15.4 Å².